The van der Waals surface area contributed by atoms with Gasteiger partial charge in [0.2, 0.25) is 0 Å². The molecule has 1 aliphatic heterocycles. The highest BCUT2D eigenvalue weighted by Gasteiger charge is 2.20. The second-order valence-electron chi connectivity index (χ2n) is 5.14. The van der Waals surface area contributed by atoms with Crippen molar-refractivity contribution in [1.82, 2.24) is 4.98 Å². The molecule has 0 aromatic carbocycles. The van der Waals surface area contributed by atoms with Crippen molar-refractivity contribution in [2.75, 3.05) is 18.0 Å². The van der Waals surface area contributed by atoms with E-state index in [9.17, 15) is 0 Å². The van der Waals surface area contributed by atoms with Gasteiger partial charge in [-0.05, 0) is 26.7 Å². The fourth-order valence-electron chi connectivity index (χ4n) is 1.97. The molecule has 0 radical (unpaired) electrons. The van der Waals surface area contributed by atoms with Gasteiger partial charge in [0.05, 0.1) is 11.2 Å². The van der Waals surface area contributed by atoms with Crippen LogP contribution in [0.5, 0.6) is 0 Å². The van der Waals surface area contributed by atoms with Gasteiger partial charge in [0.1, 0.15) is 0 Å². The van der Waals surface area contributed by atoms with Crippen molar-refractivity contribution in [3.05, 3.63) is 11.1 Å². The molecule has 4 heteroatoms. The van der Waals surface area contributed by atoms with Crippen LogP contribution in [0.1, 0.15) is 45.2 Å². The molecule has 1 aliphatic rings. The number of anilines is 1. The Labute approximate surface area is 102 Å². The third-order valence-corrected chi connectivity index (χ3v) is 3.93. The summed E-state index contributed by atoms with van der Waals surface area (Å²) < 4.78 is 0. The number of nitrogens with two attached hydrogens (primary N) is 1. The summed E-state index contributed by atoms with van der Waals surface area (Å²) in [6.07, 6.45) is 5.30. The van der Waals surface area contributed by atoms with Gasteiger partial charge in [-0.25, -0.2) is 4.98 Å². The first-order chi connectivity index (χ1) is 7.57. The van der Waals surface area contributed by atoms with Gasteiger partial charge in [0.15, 0.2) is 5.13 Å². The molecule has 0 unspecified atom stereocenters. The maximum atomic E-state index is 6.06. The van der Waals surface area contributed by atoms with Crippen molar-refractivity contribution < 1.29 is 0 Å². The molecule has 0 bridgehead atoms. The first-order valence-electron chi connectivity index (χ1n) is 6.07. The van der Waals surface area contributed by atoms with E-state index in [1.807, 2.05) is 13.8 Å². The Balaban J connectivity index is 2.11. The SMILES string of the molecule is CC(C)(N)c1csc(N2CCCCCC2)n1. The van der Waals surface area contributed by atoms with E-state index in [-0.39, 0.29) is 5.54 Å². The number of thiazole rings is 1. The van der Waals surface area contributed by atoms with Gasteiger partial charge in [-0.2, -0.15) is 0 Å². The number of hydrogen-bond donors (Lipinski definition) is 1. The molecule has 1 fully saturated rings. The molecular formula is C12H21N3S. The third-order valence-electron chi connectivity index (χ3n) is 3.03. The summed E-state index contributed by atoms with van der Waals surface area (Å²) >= 11 is 1.73. The van der Waals surface area contributed by atoms with Crippen molar-refractivity contribution in [3.8, 4) is 0 Å². The van der Waals surface area contributed by atoms with E-state index in [0.29, 0.717) is 0 Å². The monoisotopic (exact) mass is 239 g/mol. The molecule has 2 N–H and O–H groups in total. The van der Waals surface area contributed by atoms with Gasteiger partial charge in [0, 0.05) is 18.5 Å². The maximum absolute atomic E-state index is 6.06. The smallest absolute Gasteiger partial charge is 0.185 e. The van der Waals surface area contributed by atoms with Crippen LogP contribution < -0.4 is 10.6 Å². The van der Waals surface area contributed by atoms with E-state index in [4.69, 9.17) is 5.73 Å². The van der Waals surface area contributed by atoms with Crippen LogP contribution in [0, 0.1) is 0 Å². The highest BCUT2D eigenvalue weighted by molar-refractivity contribution is 7.13. The van der Waals surface area contributed by atoms with Crippen LogP contribution in [0.25, 0.3) is 0 Å². The van der Waals surface area contributed by atoms with E-state index in [2.05, 4.69) is 15.3 Å². The fraction of sp³-hybridized carbons (Fsp3) is 0.750. The molecule has 0 amide bonds. The molecule has 0 atom stereocenters. The zero-order valence-corrected chi connectivity index (χ0v) is 11.0. The van der Waals surface area contributed by atoms with Crippen LogP contribution in [-0.4, -0.2) is 18.1 Å². The molecule has 1 aromatic heterocycles. The lowest BCUT2D eigenvalue weighted by atomic mass is 10.0. The lowest BCUT2D eigenvalue weighted by Crippen LogP contribution is -2.29. The summed E-state index contributed by atoms with van der Waals surface area (Å²) in [4.78, 5) is 7.08. The van der Waals surface area contributed by atoms with Gasteiger partial charge >= 0.3 is 0 Å². The lowest BCUT2D eigenvalue weighted by Gasteiger charge is -2.19. The number of aromatic nitrogens is 1. The Morgan fingerprint density at radius 3 is 2.38 bits per heavy atom. The quantitative estimate of drug-likeness (QED) is 0.863. The fourth-order valence-corrected chi connectivity index (χ4v) is 3.02. The molecule has 0 spiro atoms. The summed E-state index contributed by atoms with van der Waals surface area (Å²) in [6, 6.07) is 0. The summed E-state index contributed by atoms with van der Waals surface area (Å²) in [5.41, 5.74) is 6.75. The summed E-state index contributed by atoms with van der Waals surface area (Å²) in [7, 11) is 0. The molecule has 1 aromatic rings. The van der Waals surface area contributed by atoms with Crippen molar-refractivity contribution in [1.29, 1.82) is 0 Å². The third kappa shape index (κ3) is 2.74. The Morgan fingerprint density at radius 1 is 1.25 bits per heavy atom. The minimum atomic E-state index is -0.319. The van der Waals surface area contributed by atoms with Crippen molar-refractivity contribution >= 4 is 16.5 Å². The molecular weight excluding hydrogens is 218 g/mol. The van der Waals surface area contributed by atoms with Crippen molar-refractivity contribution in [3.63, 3.8) is 0 Å². The second-order valence-corrected chi connectivity index (χ2v) is 5.97. The lowest BCUT2D eigenvalue weighted by molar-refractivity contribution is 0.538. The predicted octanol–water partition coefficient (Wildman–Crippen LogP) is 2.72. The molecule has 0 saturated carbocycles. The molecule has 90 valence electrons. The van der Waals surface area contributed by atoms with Gasteiger partial charge in [-0.1, -0.05) is 12.8 Å². The average Bonchev–Trinajstić information content (AvgIpc) is 2.55. The normalized spacial score (nSPS) is 18.6. The van der Waals surface area contributed by atoms with Gasteiger partial charge in [-0.15, -0.1) is 11.3 Å². The van der Waals surface area contributed by atoms with E-state index in [1.165, 1.54) is 25.7 Å². The number of rotatable bonds is 2. The van der Waals surface area contributed by atoms with Gasteiger partial charge < -0.3 is 10.6 Å². The minimum Gasteiger partial charge on any atom is -0.348 e. The van der Waals surface area contributed by atoms with E-state index in [0.717, 1.165) is 23.9 Å². The van der Waals surface area contributed by atoms with Crippen LogP contribution >= 0.6 is 11.3 Å². The number of hydrogen-bond acceptors (Lipinski definition) is 4. The summed E-state index contributed by atoms with van der Waals surface area (Å²) in [6.45, 7) is 6.32. The van der Waals surface area contributed by atoms with Crippen LogP contribution in [0.15, 0.2) is 5.38 Å². The Hall–Kier alpha value is -0.610. The minimum absolute atomic E-state index is 0.319. The maximum Gasteiger partial charge on any atom is 0.185 e. The van der Waals surface area contributed by atoms with Gasteiger partial charge in [0.25, 0.3) is 0 Å². The van der Waals surface area contributed by atoms with E-state index >= 15 is 0 Å². The zero-order valence-electron chi connectivity index (χ0n) is 10.2. The zero-order chi connectivity index (χ0) is 11.6. The molecule has 1 saturated heterocycles. The average molecular weight is 239 g/mol. The molecule has 3 nitrogen and oxygen atoms in total. The van der Waals surface area contributed by atoms with Crippen LogP contribution in [0.2, 0.25) is 0 Å². The summed E-state index contributed by atoms with van der Waals surface area (Å²) in [5.74, 6) is 0. The topological polar surface area (TPSA) is 42.1 Å². The largest absolute Gasteiger partial charge is 0.348 e. The van der Waals surface area contributed by atoms with Gasteiger partial charge in [-0.3, -0.25) is 0 Å². The van der Waals surface area contributed by atoms with E-state index in [1.54, 1.807) is 11.3 Å². The first-order valence-corrected chi connectivity index (χ1v) is 6.95. The van der Waals surface area contributed by atoms with Crippen LogP contribution in [0.3, 0.4) is 0 Å². The Bertz CT molecular complexity index is 332. The Morgan fingerprint density at radius 2 is 1.88 bits per heavy atom. The first kappa shape index (κ1) is 11.9. The van der Waals surface area contributed by atoms with Crippen LogP contribution in [0.4, 0.5) is 5.13 Å². The highest BCUT2D eigenvalue weighted by atomic mass is 32.1. The Kier molecular flexibility index (Phi) is 3.50. The number of nitrogens with zero attached hydrogens (tertiary/aromatic N) is 2. The molecule has 0 aliphatic carbocycles. The standard InChI is InChI=1S/C12H21N3S/c1-12(2,13)10-9-16-11(14-10)15-7-5-3-4-6-8-15/h9H,3-8,13H2,1-2H3. The molecule has 2 heterocycles. The van der Waals surface area contributed by atoms with Crippen molar-refractivity contribution in [2.24, 2.45) is 5.73 Å². The van der Waals surface area contributed by atoms with Crippen molar-refractivity contribution in [2.45, 2.75) is 45.1 Å². The van der Waals surface area contributed by atoms with Crippen LogP contribution in [-0.2, 0) is 5.54 Å². The molecule has 2 rings (SSSR count). The predicted molar refractivity (Wildman–Crippen MR) is 70.0 cm³/mol. The van der Waals surface area contributed by atoms with E-state index < -0.39 is 0 Å². The molecule has 16 heavy (non-hydrogen) atoms. The summed E-state index contributed by atoms with van der Waals surface area (Å²) in [5, 5.41) is 3.25. The highest BCUT2D eigenvalue weighted by Crippen LogP contribution is 2.27. The second kappa shape index (κ2) is 4.72.